The molecule has 0 unspecified atom stereocenters. The second-order valence-electron chi connectivity index (χ2n) is 6.61. The Kier molecular flexibility index (Phi) is 4.27. The molecule has 0 atom stereocenters. The average molecular weight is 392 g/mol. The summed E-state index contributed by atoms with van der Waals surface area (Å²) in [6, 6.07) is 18.3. The van der Waals surface area contributed by atoms with Crippen LogP contribution >= 0.6 is 0 Å². The molecule has 1 amide bonds. The van der Waals surface area contributed by atoms with Crippen LogP contribution in [0.5, 0.6) is 0 Å². The van der Waals surface area contributed by atoms with Crippen LogP contribution in [0, 0.1) is 17.4 Å². The highest BCUT2D eigenvalue weighted by molar-refractivity contribution is 6.17. The van der Waals surface area contributed by atoms with E-state index in [2.05, 4.69) is 6.07 Å². The van der Waals surface area contributed by atoms with Crippen LogP contribution in [0.1, 0.15) is 27.0 Å². The molecule has 0 aliphatic carbocycles. The Hall–Kier alpha value is -3.79. The summed E-state index contributed by atoms with van der Waals surface area (Å²) < 4.78 is 41.6. The fourth-order valence-electron chi connectivity index (χ4n) is 3.46. The van der Waals surface area contributed by atoms with Gasteiger partial charge in [0.15, 0.2) is 0 Å². The third-order valence-electron chi connectivity index (χ3n) is 4.81. The van der Waals surface area contributed by atoms with Crippen molar-refractivity contribution in [3.05, 3.63) is 82.9 Å². The number of primary amides is 1. The maximum Gasteiger partial charge on any atom is 0.416 e. The first kappa shape index (κ1) is 18.6. The van der Waals surface area contributed by atoms with Gasteiger partial charge in [-0.05, 0) is 48.0 Å². The first-order valence-electron chi connectivity index (χ1n) is 8.62. The standard InChI is InChI=1S/C22H13F3N3O/c23-22(24,25)15-8-9-16-19(10-15)28(12-14-6-4-13(11-26)5-7-14)18-3-1-2-17(20(16)18)21(27)29/h1-8,10H,12H2,(H2,27,29). The minimum atomic E-state index is -4.52. The van der Waals surface area contributed by atoms with Crippen LogP contribution in [0.25, 0.3) is 21.8 Å². The van der Waals surface area contributed by atoms with E-state index >= 15 is 0 Å². The lowest BCUT2D eigenvalue weighted by Gasteiger charge is -2.10. The van der Waals surface area contributed by atoms with Crippen LogP contribution < -0.4 is 5.73 Å². The lowest BCUT2D eigenvalue weighted by molar-refractivity contribution is -0.137. The summed E-state index contributed by atoms with van der Waals surface area (Å²) in [7, 11) is 0. The topological polar surface area (TPSA) is 71.8 Å². The van der Waals surface area contributed by atoms with E-state index in [4.69, 9.17) is 11.0 Å². The molecule has 0 bridgehead atoms. The van der Waals surface area contributed by atoms with Gasteiger partial charge in [-0.15, -0.1) is 0 Å². The lowest BCUT2D eigenvalue weighted by atomic mass is 10.0. The molecule has 0 fully saturated rings. The van der Waals surface area contributed by atoms with E-state index < -0.39 is 17.6 Å². The molecule has 4 aromatic rings. The van der Waals surface area contributed by atoms with Crippen LogP contribution in [-0.2, 0) is 12.7 Å². The van der Waals surface area contributed by atoms with Gasteiger partial charge in [-0.1, -0.05) is 18.2 Å². The summed E-state index contributed by atoms with van der Waals surface area (Å²) in [5.74, 6) is -0.665. The van der Waals surface area contributed by atoms with Crippen LogP contribution in [0.3, 0.4) is 0 Å². The summed E-state index contributed by atoms with van der Waals surface area (Å²) in [6.07, 6.45) is -4.52. The van der Waals surface area contributed by atoms with Gasteiger partial charge in [0.05, 0.1) is 28.2 Å². The Bertz CT molecular complexity index is 1300. The van der Waals surface area contributed by atoms with Crippen LogP contribution in [0.15, 0.2) is 54.6 Å². The highest BCUT2D eigenvalue weighted by Crippen LogP contribution is 2.36. The quantitative estimate of drug-likeness (QED) is 0.552. The Morgan fingerprint density at radius 3 is 2.48 bits per heavy atom. The fraction of sp³-hybridized carbons (Fsp3) is 0.0909. The monoisotopic (exact) mass is 392 g/mol. The number of nitrogens with zero attached hydrogens (tertiary/aromatic N) is 2. The van der Waals surface area contributed by atoms with E-state index in [9.17, 15) is 18.0 Å². The number of amides is 1. The molecular weight excluding hydrogens is 379 g/mol. The maximum atomic E-state index is 13.3. The van der Waals surface area contributed by atoms with Crippen molar-refractivity contribution in [2.45, 2.75) is 12.7 Å². The minimum Gasteiger partial charge on any atom is -0.366 e. The van der Waals surface area contributed by atoms with Gasteiger partial charge in [0.1, 0.15) is 0 Å². The third kappa shape index (κ3) is 3.19. The molecule has 2 N–H and O–H groups in total. The molecule has 3 aromatic carbocycles. The molecule has 1 heterocycles. The number of nitrogens with two attached hydrogens (primary N) is 1. The number of rotatable bonds is 3. The summed E-state index contributed by atoms with van der Waals surface area (Å²) in [5, 5.41) is 9.82. The highest BCUT2D eigenvalue weighted by atomic mass is 19.4. The summed E-state index contributed by atoms with van der Waals surface area (Å²) >= 11 is 0. The number of nitriles is 1. The van der Waals surface area contributed by atoms with Gasteiger partial charge in [0.2, 0.25) is 5.91 Å². The molecular formula is C22H13F3N3O. The predicted octanol–water partition coefficient (Wildman–Crippen LogP) is 4.63. The van der Waals surface area contributed by atoms with Gasteiger partial charge >= 0.3 is 6.18 Å². The van der Waals surface area contributed by atoms with E-state index in [0.717, 1.165) is 17.7 Å². The molecule has 1 aromatic heterocycles. The van der Waals surface area contributed by atoms with Crippen LogP contribution in [0.2, 0.25) is 0 Å². The summed E-state index contributed by atoms with van der Waals surface area (Å²) in [6.45, 7) is 0.253. The second-order valence-corrected chi connectivity index (χ2v) is 6.61. The zero-order valence-corrected chi connectivity index (χ0v) is 14.9. The number of carbonyl (C=O) groups excluding carboxylic acids is 1. The van der Waals surface area contributed by atoms with Crippen molar-refractivity contribution in [3.8, 4) is 6.07 Å². The molecule has 0 aliphatic heterocycles. The predicted molar refractivity (Wildman–Crippen MR) is 102 cm³/mol. The Balaban J connectivity index is 2.02. The molecule has 1 radical (unpaired) electrons. The average Bonchev–Trinajstić information content (AvgIpc) is 3.01. The normalized spacial score (nSPS) is 11.7. The van der Waals surface area contributed by atoms with E-state index in [1.54, 1.807) is 47.0 Å². The lowest BCUT2D eigenvalue weighted by Crippen LogP contribution is -2.11. The molecule has 0 aliphatic rings. The SMILES string of the molecule is N#Cc1ccc(Cn2c3cc(C(F)(F)F)c[c]c3c3c(C(N)=O)cccc32)cc1. The first-order valence-corrected chi connectivity index (χ1v) is 8.62. The fourth-order valence-corrected chi connectivity index (χ4v) is 3.46. The van der Waals surface area contributed by atoms with Crippen molar-refractivity contribution in [1.29, 1.82) is 5.26 Å². The van der Waals surface area contributed by atoms with Crippen LogP contribution in [-0.4, -0.2) is 10.5 Å². The summed E-state index contributed by atoms with van der Waals surface area (Å²) in [4.78, 5) is 11.9. The van der Waals surface area contributed by atoms with Gasteiger partial charge in [-0.2, -0.15) is 18.4 Å². The Labute approximate surface area is 163 Å². The number of aromatic nitrogens is 1. The maximum absolute atomic E-state index is 13.3. The van der Waals surface area contributed by atoms with Gasteiger partial charge in [0, 0.05) is 22.9 Å². The molecule has 4 rings (SSSR count). The van der Waals surface area contributed by atoms with E-state index in [1.165, 1.54) is 0 Å². The van der Waals surface area contributed by atoms with Crippen molar-refractivity contribution >= 4 is 27.7 Å². The van der Waals surface area contributed by atoms with Crippen molar-refractivity contribution in [2.24, 2.45) is 5.73 Å². The number of fused-ring (bicyclic) bond motifs is 3. The van der Waals surface area contributed by atoms with Gasteiger partial charge in [-0.3, -0.25) is 4.79 Å². The number of carbonyl (C=O) groups is 1. The van der Waals surface area contributed by atoms with Crippen molar-refractivity contribution < 1.29 is 18.0 Å². The number of hydrogen-bond donors (Lipinski definition) is 1. The second kappa shape index (κ2) is 6.67. The Morgan fingerprint density at radius 1 is 1.14 bits per heavy atom. The largest absolute Gasteiger partial charge is 0.416 e. The molecule has 143 valence electrons. The minimum absolute atomic E-state index is 0.224. The van der Waals surface area contributed by atoms with Gasteiger partial charge in [-0.25, -0.2) is 0 Å². The van der Waals surface area contributed by atoms with Gasteiger partial charge < -0.3 is 10.3 Å². The smallest absolute Gasteiger partial charge is 0.366 e. The highest BCUT2D eigenvalue weighted by Gasteiger charge is 2.31. The zero-order chi connectivity index (χ0) is 20.8. The van der Waals surface area contributed by atoms with Crippen LogP contribution in [0.4, 0.5) is 13.2 Å². The zero-order valence-electron chi connectivity index (χ0n) is 14.9. The number of alkyl halides is 3. The molecule has 0 saturated carbocycles. The number of hydrogen-bond acceptors (Lipinski definition) is 2. The van der Waals surface area contributed by atoms with E-state index in [0.29, 0.717) is 27.4 Å². The van der Waals surface area contributed by atoms with Crippen molar-refractivity contribution in [2.75, 3.05) is 0 Å². The molecule has 7 heteroatoms. The van der Waals surface area contributed by atoms with Gasteiger partial charge in [0.25, 0.3) is 0 Å². The van der Waals surface area contributed by atoms with Crippen molar-refractivity contribution in [1.82, 2.24) is 4.57 Å². The number of benzene rings is 3. The molecule has 0 spiro atoms. The molecule has 4 nitrogen and oxygen atoms in total. The van der Waals surface area contributed by atoms with Crippen molar-refractivity contribution in [3.63, 3.8) is 0 Å². The number of halogens is 3. The molecule has 0 saturated heterocycles. The Morgan fingerprint density at radius 2 is 1.86 bits per heavy atom. The van der Waals surface area contributed by atoms with E-state index in [-0.39, 0.29) is 12.1 Å². The first-order chi connectivity index (χ1) is 13.8. The molecule has 29 heavy (non-hydrogen) atoms. The van der Waals surface area contributed by atoms with E-state index in [1.807, 2.05) is 6.07 Å². The summed E-state index contributed by atoms with van der Waals surface area (Å²) in [5.41, 5.74) is 7.05. The third-order valence-corrected chi connectivity index (χ3v) is 4.81.